The molecule has 0 aromatic carbocycles. The normalized spacial score (nSPS) is 31.1. The molecule has 5 nitrogen and oxygen atoms in total. The number of hydrogen-bond acceptors (Lipinski definition) is 4. The average Bonchev–Trinajstić information content (AvgIpc) is 2.69. The summed E-state index contributed by atoms with van der Waals surface area (Å²) in [5.41, 5.74) is -0.570. The van der Waals surface area contributed by atoms with Crippen LogP contribution in [-0.2, 0) is 14.3 Å². The largest absolute Gasteiger partial charge is 0.450 e. The number of rotatable bonds is 2. The van der Waals surface area contributed by atoms with Crippen LogP contribution >= 0.6 is 15.9 Å². The molecule has 100 valence electrons. The minimum Gasteiger partial charge on any atom is -0.450 e. The molecule has 0 aromatic heterocycles. The summed E-state index contributed by atoms with van der Waals surface area (Å²) in [4.78, 5) is 25.2. The average molecular weight is 318 g/mol. The van der Waals surface area contributed by atoms with Gasteiger partial charge in [-0.25, -0.2) is 4.79 Å². The molecule has 0 aromatic rings. The van der Waals surface area contributed by atoms with E-state index in [4.69, 9.17) is 9.47 Å². The van der Waals surface area contributed by atoms with E-state index in [9.17, 15) is 9.59 Å². The first-order valence-corrected chi connectivity index (χ1v) is 6.73. The van der Waals surface area contributed by atoms with E-state index in [0.717, 1.165) is 0 Å². The van der Waals surface area contributed by atoms with E-state index in [0.29, 0.717) is 24.1 Å². The Hall–Kier alpha value is -0.880. The van der Waals surface area contributed by atoms with Gasteiger partial charge in [-0.1, -0.05) is 0 Å². The molecule has 2 atom stereocenters. The zero-order valence-electron chi connectivity index (χ0n) is 10.4. The number of carbonyl (C=O) groups is 2. The number of ether oxygens (including phenoxy) is 2. The highest BCUT2D eigenvalue weighted by atomic mass is 79.9. The summed E-state index contributed by atoms with van der Waals surface area (Å²) in [5.74, 6) is -0.0103. The number of Topliss-reactive ketones (excluding diaryl/α,β-unsaturated/α-hetero) is 1. The van der Waals surface area contributed by atoms with E-state index in [2.05, 4.69) is 15.9 Å². The molecule has 0 unspecified atom stereocenters. The van der Waals surface area contributed by atoms with Gasteiger partial charge < -0.3 is 14.4 Å². The van der Waals surface area contributed by atoms with Gasteiger partial charge in [0.25, 0.3) is 0 Å². The van der Waals surface area contributed by atoms with E-state index in [1.165, 1.54) is 0 Å². The fourth-order valence-electron chi connectivity index (χ4n) is 2.62. The number of fused-ring (bicyclic) bond motifs is 1. The Labute approximate surface area is 114 Å². The molecule has 18 heavy (non-hydrogen) atoms. The Morgan fingerprint density at radius 2 is 2.39 bits per heavy atom. The SMILES string of the molecule is CCOC(=O)N1CC[C@@]2(OC)C=C(Br)C(=O)C[C@@H]12. The maximum atomic E-state index is 11.9. The minimum absolute atomic E-state index is 0.0103. The number of halogens is 1. The van der Waals surface area contributed by atoms with Gasteiger partial charge in [0, 0.05) is 20.1 Å². The van der Waals surface area contributed by atoms with Crippen LogP contribution in [0.25, 0.3) is 0 Å². The second kappa shape index (κ2) is 5.01. The van der Waals surface area contributed by atoms with Crippen LogP contribution in [0.2, 0.25) is 0 Å². The van der Waals surface area contributed by atoms with Crippen LogP contribution < -0.4 is 0 Å². The van der Waals surface area contributed by atoms with Crippen molar-refractivity contribution in [2.45, 2.75) is 31.4 Å². The lowest BCUT2D eigenvalue weighted by molar-refractivity contribution is -0.118. The lowest BCUT2D eigenvalue weighted by atomic mass is 9.85. The van der Waals surface area contributed by atoms with Gasteiger partial charge in [-0.05, 0) is 35.4 Å². The predicted octanol–water partition coefficient (Wildman–Crippen LogP) is 1.85. The maximum absolute atomic E-state index is 11.9. The Balaban J connectivity index is 2.28. The molecule has 1 aliphatic carbocycles. The first-order valence-electron chi connectivity index (χ1n) is 5.94. The Morgan fingerprint density at radius 3 is 3.00 bits per heavy atom. The fraction of sp³-hybridized carbons (Fsp3) is 0.667. The van der Waals surface area contributed by atoms with Crippen LogP contribution in [0.5, 0.6) is 0 Å². The smallest absolute Gasteiger partial charge is 0.410 e. The molecule has 1 saturated heterocycles. The van der Waals surface area contributed by atoms with Crippen molar-refractivity contribution in [2.75, 3.05) is 20.3 Å². The van der Waals surface area contributed by atoms with E-state index in [-0.39, 0.29) is 24.3 Å². The molecular weight excluding hydrogens is 302 g/mol. The summed E-state index contributed by atoms with van der Waals surface area (Å²) in [6.07, 6.45) is 2.35. The first kappa shape index (κ1) is 13.5. The lowest BCUT2D eigenvalue weighted by Gasteiger charge is -2.36. The fourth-order valence-corrected chi connectivity index (χ4v) is 3.17. The predicted molar refractivity (Wildman–Crippen MR) is 68.5 cm³/mol. The minimum atomic E-state index is -0.570. The van der Waals surface area contributed by atoms with Crippen molar-refractivity contribution >= 4 is 27.8 Å². The monoisotopic (exact) mass is 317 g/mol. The third kappa shape index (κ3) is 2.07. The van der Waals surface area contributed by atoms with E-state index in [1.54, 1.807) is 25.0 Å². The Morgan fingerprint density at radius 1 is 1.67 bits per heavy atom. The molecule has 0 saturated carbocycles. The highest BCUT2D eigenvalue weighted by Gasteiger charge is 2.52. The number of amides is 1. The molecule has 1 fully saturated rings. The van der Waals surface area contributed by atoms with Gasteiger partial charge in [-0.3, -0.25) is 4.79 Å². The summed E-state index contributed by atoms with van der Waals surface area (Å²) in [7, 11) is 1.61. The first-order chi connectivity index (χ1) is 8.54. The molecule has 0 N–H and O–H groups in total. The second-order valence-corrected chi connectivity index (χ2v) is 5.29. The number of carbonyl (C=O) groups excluding carboxylic acids is 2. The highest BCUT2D eigenvalue weighted by Crippen LogP contribution is 2.41. The number of likely N-dealkylation sites (tertiary alicyclic amines) is 1. The quantitative estimate of drug-likeness (QED) is 0.780. The maximum Gasteiger partial charge on any atom is 0.410 e. The number of nitrogens with zero attached hydrogens (tertiary/aromatic N) is 1. The molecule has 0 spiro atoms. The topological polar surface area (TPSA) is 55.8 Å². The molecule has 2 aliphatic rings. The summed E-state index contributed by atoms with van der Waals surface area (Å²) in [5, 5.41) is 0. The molecule has 1 aliphatic heterocycles. The second-order valence-electron chi connectivity index (χ2n) is 4.44. The van der Waals surface area contributed by atoms with Crippen LogP contribution in [0.4, 0.5) is 4.79 Å². The molecular formula is C12H16BrNO4. The van der Waals surface area contributed by atoms with Crippen molar-refractivity contribution in [1.82, 2.24) is 4.90 Å². The lowest BCUT2D eigenvalue weighted by Crippen LogP contribution is -2.50. The Kier molecular flexibility index (Phi) is 3.77. The van der Waals surface area contributed by atoms with Gasteiger partial charge in [0.1, 0.15) is 5.60 Å². The van der Waals surface area contributed by atoms with Crippen molar-refractivity contribution in [3.63, 3.8) is 0 Å². The summed E-state index contributed by atoms with van der Waals surface area (Å²) in [6, 6.07) is -0.268. The third-order valence-electron chi connectivity index (χ3n) is 3.58. The van der Waals surface area contributed by atoms with Gasteiger partial charge in [0.2, 0.25) is 0 Å². The van der Waals surface area contributed by atoms with Crippen molar-refractivity contribution in [1.29, 1.82) is 0 Å². The zero-order chi connectivity index (χ0) is 13.3. The van der Waals surface area contributed by atoms with Gasteiger partial charge in [0.05, 0.1) is 17.1 Å². The molecule has 2 rings (SSSR count). The number of allylic oxidation sites excluding steroid dienone is 1. The number of methoxy groups -OCH3 is 1. The standard InChI is InChI=1S/C12H16BrNO4/c1-3-18-11(16)14-5-4-12(17-2)7-8(13)9(15)6-10(12)14/h7,10H,3-6H2,1-2H3/t10-,12-/m1/s1. The van der Waals surface area contributed by atoms with E-state index in [1.807, 2.05) is 0 Å². The van der Waals surface area contributed by atoms with Crippen LogP contribution in [0.15, 0.2) is 10.6 Å². The van der Waals surface area contributed by atoms with E-state index >= 15 is 0 Å². The van der Waals surface area contributed by atoms with Gasteiger partial charge in [-0.15, -0.1) is 0 Å². The number of hydrogen-bond donors (Lipinski definition) is 0. The summed E-state index contributed by atoms with van der Waals surface area (Å²) < 4.78 is 11.1. The third-order valence-corrected chi connectivity index (χ3v) is 4.25. The summed E-state index contributed by atoms with van der Waals surface area (Å²) >= 11 is 3.25. The van der Waals surface area contributed by atoms with Gasteiger partial charge in [-0.2, -0.15) is 0 Å². The molecule has 1 amide bonds. The van der Waals surface area contributed by atoms with Crippen LogP contribution in [-0.4, -0.2) is 48.7 Å². The van der Waals surface area contributed by atoms with Crippen LogP contribution in [0.1, 0.15) is 19.8 Å². The van der Waals surface area contributed by atoms with Gasteiger partial charge in [0.15, 0.2) is 5.78 Å². The van der Waals surface area contributed by atoms with Crippen molar-refractivity contribution < 1.29 is 19.1 Å². The molecule has 6 heteroatoms. The van der Waals surface area contributed by atoms with Crippen molar-refractivity contribution in [3.05, 3.63) is 10.6 Å². The van der Waals surface area contributed by atoms with Crippen molar-refractivity contribution in [3.8, 4) is 0 Å². The zero-order valence-corrected chi connectivity index (χ0v) is 12.0. The molecule has 0 bridgehead atoms. The number of ketones is 1. The molecule has 1 heterocycles. The summed E-state index contributed by atoms with van der Waals surface area (Å²) in [6.45, 7) is 2.64. The molecule has 0 radical (unpaired) electrons. The highest BCUT2D eigenvalue weighted by molar-refractivity contribution is 9.12. The van der Waals surface area contributed by atoms with Crippen LogP contribution in [0, 0.1) is 0 Å². The van der Waals surface area contributed by atoms with Crippen LogP contribution in [0.3, 0.4) is 0 Å². The van der Waals surface area contributed by atoms with Gasteiger partial charge >= 0.3 is 6.09 Å². The Bertz CT molecular complexity index is 409. The van der Waals surface area contributed by atoms with Crippen molar-refractivity contribution in [2.24, 2.45) is 0 Å². The van der Waals surface area contributed by atoms with E-state index < -0.39 is 5.60 Å².